The second kappa shape index (κ2) is 5.90. The van der Waals surface area contributed by atoms with Crippen molar-refractivity contribution in [2.45, 2.75) is 12.5 Å². The van der Waals surface area contributed by atoms with E-state index >= 15 is 0 Å². The molecule has 1 N–H and O–H groups in total. The van der Waals surface area contributed by atoms with Gasteiger partial charge in [-0.1, -0.05) is 35.5 Å². The molecule has 0 radical (unpaired) electrons. The maximum Gasteiger partial charge on any atom is 0.268 e. The molecule has 5 nitrogen and oxygen atoms in total. The molecule has 1 aromatic carbocycles. The molecular weight excluding hydrogens is 298 g/mol. The molecule has 1 aliphatic heterocycles. The summed E-state index contributed by atoms with van der Waals surface area (Å²) >= 11 is 1.55. The van der Waals surface area contributed by atoms with Crippen molar-refractivity contribution in [2.75, 3.05) is 13.1 Å². The highest BCUT2D eigenvalue weighted by Gasteiger charge is 2.24. The molecule has 0 bridgehead atoms. The summed E-state index contributed by atoms with van der Waals surface area (Å²) < 4.78 is 11.1. The van der Waals surface area contributed by atoms with Crippen molar-refractivity contribution in [3.63, 3.8) is 0 Å². The molecule has 2 aromatic heterocycles. The Bertz CT molecular complexity index is 750. The number of rotatable bonds is 5. The molecule has 22 heavy (non-hydrogen) atoms. The second-order valence-electron chi connectivity index (χ2n) is 5.23. The molecule has 3 heterocycles. The molecule has 1 fully saturated rings. The SMILES string of the molecule is c1ccc(COc2csc(-c3nc(C4CNC4)no3)c2)cc1. The summed E-state index contributed by atoms with van der Waals surface area (Å²) in [6.45, 7) is 2.41. The summed E-state index contributed by atoms with van der Waals surface area (Å²) in [6.07, 6.45) is 0. The molecule has 0 unspecified atom stereocenters. The summed E-state index contributed by atoms with van der Waals surface area (Å²) in [7, 11) is 0. The molecule has 1 saturated heterocycles. The van der Waals surface area contributed by atoms with Crippen molar-refractivity contribution in [2.24, 2.45) is 0 Å². The van der Waals surface area contributed by atoms with Crippen LogP contribution in [0.2, 0.25) is 0 Å². The number of benzene rings is 1. The Morgan fingerprint density at radius 3 is 2.91 bits per heavy atom. The maximum atomic E-state index is 5.79. The van der Waals surface area contributed by atoms with Crippen LogP contribution in [-0.4, -0.2) is 23.2 Å². The lowest BCUT2D eigenvalue weighted by Crippen LogP contribution is -2.40. The Morgan fingerprint density at radius 2 is 2.14 bits per heavy atom. The Morgan fingerprint density at radius 1 is 1.27 bits per heavy atom. The summed E-state index contributed by atoms with van der Waals surface area (Å²) in [5.74, 6) is 2.57. The van der Waals surface area contributed by atoms with Crippen LogP contribution in [0.3, 0.4) is 0 Å². The van der Waals surface area contributed by atoms with Crippen LogP contribution in [0.4, 0.5) is 0 Å². The minimum atomic E-state index is 0.381. The van der Waals surface area contributed by atoms with Gasteiger partial charge < -0.3 is 14.6 Å². The summed E-state index contributed by atoms with van der Waals surface area (Å²) in [4.78, 5) is 5.41. The third-order valence-electron chi connectivity index (χ3n) is 3.62. The molecule has 0 amide bonds. The van der Waals surface area contributed by atoms with Crippen LogP contribution in [0.5, 0.6) is 5.75 Å². The normalized spacial score (nSPS) is 14.7. The zero-order valence-electron chi connectivity index (χ0n) is 11.9. The second-order valence-corrected chi connectivity index (χ2v) is 6.15. The zero-order chi connectivity index (χ0) is 14.8. The average Bonchev–Trinajstić information content (AvgIpc) is 3.13. The van der Waals surface area contributed by atoms with Crippen LogP contribution >= 0.6 is 11.3 Å². The van der Waals surface area contributed by atoms with Crippen LogP contribution in [0, 0.1) is 0 Å². The molecule has 6 heteroatoms. The average molecular weight is 313 g/mol. The number of nitrogens with zero attached hydrogens (tertiary/aromatic N) is 2. The van der Waals surface area contributed by atoms with Crippen molar-refractivity contribution < 1.29 is 9.26 Å². The van der Waals surface area contributed by atoms with E-state index in [4.69, 9.17) is 9.26 Å². The van der Waals surface area contributed by atoms with E-state index in [1.54, 1.807) is 11.3 Å². The summed E-state index contributed by atoms with van der Waals surface area (Å²) in [5, 5.41) is 9.23. The topological polar surface area (TPSA) is 60.2 Å². The van der Waals surface area contributed by atoms with E-state index in [1.165, 1.54) is 0 Å². The Labute approximate surface area is 131 Å². The van der Waals surface area contributed by atoms with Crippen molar-refractivity contribution in [3.05, 3.63) is 53.2 Å². The Kier molecular flexibility index (Phi) is 3.62. The van der Waals surface area contributed by atoms with E-state index in [0.717, 1.165) is 35.1 Å². The van der Waals surface area contributed by atoms with E-state index in [1.807, 2.05) is 41.8 Å². The van der Waals surface area contributed by atoms with E-state index in [2.05, 4.69) is 15.5 Å². The first-order valence-electron chi connectivity index (χ1n) is 7.18. The van der Waals surface area contributed by atoms with Gasteiger partial charge in [-0.05, 0) is 5.56 Å². The van der Waals surface area contributed by atoms with E-state index in [0.29, 0.717) is 18.4 Å². The lowest BCUT2D eigenvalue weighted by atomic mass is 10.0. The highest BCUT2D eigenvalue weighted by atomic mass is 32.1. The third-order valence-corrected chi connectivity index (χ3v) is 4.52. The van der Waals surface area contributed by atoms with Gasteiger partial charge in [-0.2, -0.15) is 4.98 Å². The van der Waals surface area contributed by atoms with Gasteiger partial charge in [0.15, 0.2) is 5.82 Å². The molecular formula is C16H15N3O2S. The third kappa shape index (κ3) is 2.75. The number of hydrogen-bond acceptors (Lipinski definition) is 6. The highest BCUT2D eigenvalue weighted by molar-refractivity contribution is 7.13. The number of nitrogens with one attached hydrogen (secondary N) is 1. The zero-order valence-corrected chi connectivity index (χ0v) is 12.7. The molecule has 4 rings (SSSR count). The van der Waals surface area contributed by atoms with Crippen molar-refractivity contribution in [1.82, 2.24) is 15.5 Å². The van der Waals surface area contributed by atoms with Gasteiger partial charge in [-0.25, -0.2) is 0 Å². The van der Waals surface area contributed by atoms with Gasteiger partial charge in [0.25, 0.3) is 5.89 Å². The van der Waals surface area contributed by atoms with Gasteiger partial charge in [0.05, 0.1) is 4.88 Å². The molecule has 0 atom stereocenters. The highest BCUT2D eigenvalue weighted by Crippen LogP contribution is 2.31. The summed E-state index contributed by atoms with van der Waals surface area (Å²) in [6, 6.07) is 12.1. The van der Waals surface area contributed by atoms with Crippen molar-refractivity contribution in [1.29, 1.82) is 0 Å². The van der Waals surface area contributed by atoms with Gasteiger partial charge >= 0.3 is 0 Å². The van der Waals surface area contributed by atoms with E-state index in [9.17, 15) is 0 Å². The molecule has 0 aliphatic carbocycles. The fraction of sp³-hybridized carbons (Fsp3) is 0.250. The largest absolute Gasteiger partial charge is 0.488 e. The smallest absolute Gasteiger partial charge is 0.268 e. The number of hydrogen-bond donors (Lipinski definition) is 1. The fourth-order valence-corrected chi connectivity index (χ4v) is 2.97. The molecule has 112 valence electrons. The lowest BCUT2D eigenvalue weighted by Gasteiger charge is -2.23. The number of thiophene rings is 1. The monoisotopic (exact) mass is 313 g/mol. The molecule has 3 aromatic rings. The maximum absolute atomic E-state index is 5.79. The first-order valence-corrected chi connectivity index (χ1v) is 8.06. The predicted molar refractivity (Wildman–Crippen MR) is 84.0 cm³/mol. The fourth-order valence-electron chi connectivity index (χ4n) is 2.22. The van der Waals surface area contributed by atoms with Crippen LogP contribution in [-0.2, 0) is 6.61 Å². The van der Waals surface area contributed by atoms with Gasteiger partial charge in [0.1, 0.15) is 12.4 Å². The first kappa shape index (κ1) is 13.5. The lowest BCUT2D eigenvalue weighted by molar-refractivity contribution is 0.307. The van der Waals surface area contributed by atoms with Gasteiger partial charge in [0, 0.05) is 30.5 Å². The number of ether oxygens (including phenoxy) is 1. The van der Waals surface area contributed by atoms with Gasteiger partial charge in [-0.15, -0.1) is 11.3 Å². The predicted octanol–water partition coefficient (Wildman–Crippen LogP) is 3.06. The first-order chi connectivity index (χ1) is 10.9. The minimum Gasteiger partial charge on any atom is -0.488 e. The quantitative estimate of drug-likeness (QED) is 0.784. The van der Waals surface area contributed by atoms with Crippen LogP contribution < -0.4 is 10.1 Å². The standard InChI is InChI=1S/C16H15N3O2S/c1-2-4-11(5-3-1)9-20-13-6-14(22-10-13)16-18-15(19-21-16)12-7-17-8-12/h1-6,10,12,17H,7-9H2. The summed E-state index contributed by atoms with van der Waals surface area (Å²) in [5.41, 5.74) is 1.15. The van der Waals surface area contributed by atoms with Crippen molar-refractivity contribution in [3.8, 4) is 16.5 Å². The Hall–Kier alpha value is -2.18. The van der Waals surface area contributed by atoms with E-state index < -0.39 is 0 Å². The van der Waals surface area contributed by atoms with Gasteiger partial charge in [-0.3, -0.25) is 0 Å². The van der Waals surface area contributed by atoms with Crippen LogP contribution in [0.15, 0.2) is 46.3 Å². The van der Waals surface area contributed by atoms with E-state index in [-0.39, 0.29) is 0 Å². The Balaban J connectivity index is 1.43. The van der Waals surface area contributed by atoms with Crippen LogP contribution in [0.1, 0.15) is 17.3 Å². The van der Waals surface area contributed by atoms with Gasteiger partial charge in [0.2, 0.25) is 0 Å². The molecule has 0 saturated carbocycles. The minimum absolute atomic E-state index is 0.381. The number of aromatic nitrogens is 2. The van der Waals surface area contributed by atoms with Crippen LogP contribution in [0.25, 0.3) is 10.8 Å². The molecule has 1 aliphatic rings. The van der Waals surface area contributed by atoms with Crippen molar-refractivity contribution >= 4 is 11.3 Å². The molecule has 0 spiro atoms.